The second kappa shape index (κ2) is 5.52. The summed E-state index contributed by atoms with van der Waals surface area (Å²) in [4.78, 5) is 0. The summed E-state index contributed by atoms with van der Waals surface area (Å²) in [5.41, 5.74) is 0. The Morgan fingerprint density at radius 1 is 1.00 bits per heavy atom. The molecule has 30 valence electrons. The zero-order valence-electron chi connectivity index (χ0n) is 2.79. The topological polar surface area (TPSA) is 0 Å². The molecule has 0 saturated carbocycles. The van der Waals surface area contributed by atoms with Gasteiger partial charge in [0.25, 0.3) is 0 Å². The van der Waals surface area contributed by atoms with Gasteiger partial charge in [-0.15, -0.1) is 0 Å². The molecule has 1 aromatic rings. The van der Waals surface area contributed by atoms with Crippen LogP contribution in [0.15, 0.2) is 0 Å². The summed E-state index contributed by atoms with van der Waals surface area (Å²) < 4.78 is 0. The van der Waals surface area contributed by atoms with E-state index in [4.69, 9.17) is 0 Å². The van der Waals surface area contributed by atoms with Crippen LogP contribution in [0, 0.1) is 0 Å². The molecule has 0 nitrogen and oxygen atoms in total. The molecule has 0 aliphatic rings. The van der Waals surface area contributed by atoms with Gasteiger partial charge in [0.15, 0.2) is 0 Å². The maximum absolute atomic E-state index is 1.67. The Kier molecular flexibility index (Phi) is 7.71. The van der Waals surface area contributed by atoms with Gasteiger partial charge in [0.2, 0.25) is 0 Å². The van der Waals surface area contributed by atoms with Crippen LogP contribution in [0.1, 0.15) is 0 Å². The van der Waals surface area contributed by atoms with Crippen LogP contribution in [0.3, 0.4) is 0 Å². The molecule has 1 rings (SSSR count). The second-order valence-electron chi connectivity index (χ2n) is 0.479. The van der Waals surface area contributed by atoms with Crippen LogP contribution in [0.25, 0.3) is 0 Å². The first-order chi connectivity index (χ1) is 2.50. The van der Waals surface area contributed by atoms with Crippen molar-refractivity contribution in [2.75, 3.05) is 0 Å². The van der Waals surface area contributed by atoms with Gasteiger partial charge in [0.1, 0.15) is 0 Å². The largest absolute Gasteiger partial charge is 0.0716 e. The summed E-state index contributed by atoms with van der Waals surface area (Å²) in [5.74, 6) is 0. The summed E-state index contributed by atoms with van der Waals surface area (Å²) in [6.45, 7) is 0. The fourth-order valence-corrected chi connectivity index (χ4v) is 24.3. The molecule has 1 aromatic heterocycles. The normalized spacial score (nSPS) is 13.3. The van der Waals surface area contributed by atoms with E-state index in [0.29, 0.717) is 0 Å². The third kappa shape index (κ3) is 3.39. The van der Waals surface area contributed by atoms with E-state index in [1.807, 2.05) is 0 Å². The van der Waals surface area contributed by atoms with Crippen LogP contribution in [0.4, 0.5) is 0 Å². The van der Waals surface area contributed by atoms with Gasteiger partial charge in [-0.1, -0.05) is 7.55 Å². The molecule has 6 heteroatoms. The summed E-state index contributed by atoms with van der Waals surface area (Å²) in [6, 6.07) is 0. The van der Waals surface area contributed by atoms with Crippen molar-refractivity contribution in [3.8, 4) is 0 Å². The standard InChI is InChI=1S/HP5.Zr/c1-2-4-5-3-1;/h1H;. The minimum atomic E-state index is 0. The molecule has 0 saturated heterocycles. The molecule has 0 unspecified atom stereocenters. The number of rotatable bonds is 0. The van der Waals surface area contributed by atoms with Gasteiger partial charge in [0.05, 0.1) is 0 Å². The van der Waals surface area contributed by atoms with Crippen LogP contribution >= 0.6 is 37.7 Å². The summed E-state index contributed by atoms with van der Waals surface area (Å²) in [5, 5.41) is 0. The fourth-order valence-electron chi connectivity index (χ4n) is 0.100. The first-order valence-corrected chi connectivity index (χ1v) is 9.42. The Balaban J connectivity index is 0.000000250. The molecule has 0 aliphatic carbocycles. The minimum Gasteiger partial charge on any atom is -0.0716 e. The quantitative estimate of drug-likeness (QED) is 0.649. The average molecular weight is 247 g/mol. The maximum Gasteiger partial charge on any atom is 0 e. The van der Waals surface area contributed by atoms with Crippen molar-refractivity contribution in [2.45, 2.75) is 0 Å². The zero-order valence-corrected chi connectivity index (χ0v) is 9.82. The number of hydrogen-bond acceptors (Lipinski definition) is 0. The smallest absolute Gasteiger partial charge is 0 e. The molecule has 1 heterocycles. The summed E-state index contributed by atoms with van der Waals surface area (Å²) in [7, 11) is 7.83. The Labute approximate surface area is 63.6 Å². The van der Waals surface area contributed by atoms with Crippen LogP contribution in [-0.4, -0.2) is 0 Å². The van der Waals surface area contributed by atoms with Crippen LogP contribution in [0.5, 0.6) is 0 Å². The minimum absolute atomic E-state index is 0. The Morgan fingerprint density at radius 3 is 1.67 bits per heavy atom. The van der Waals surface area contributed by atoms with Crippen molar-refractivity contribution in [1.29, 1.82) is 0 Å². The number of hydrogen-bond donors (Lipinski definition) is 0. The van der Waals surface area contributed by atoms with E-state index in [2.05, 4.69) is 0 Å². The third-order valence-electron chi connectivity index (χ3n) is 0.219. The average Bonchev–Trinajstić information content (AvgIpc) is 1.76. The molecule has 0 radical (unpaired) electrons. The van der Waals surface area contributed by atoms with E-state index in [-0.39, 0.29) is 26.2 Å². The van der Waals surface area contributed by atoms with Crippen LogP contribution < -0.4 is 0 Å². The summed E-state index contributed by atoms with van der Waals surface area (Å²) >= 11 is 0. The summed E-state index contributed by atoms with van der Waals surface area (Å²) in [6.07, 6.45) is 0. The van der Waals surface area contributed by atoms with Gasteiger partial charge in [-0.05, 0) is 30.2 Å². The van der Waals surface area contributed by atoms with E-state index >= 15 is 0 Å². The molecular formula is HP5Zr. The van der Waals surface area contributed by atoms with Crippen molar-refractivity contribution in [2.24, 2.45) is 0 Å². The van der Waals surface area contributed by atoms with Crippen LogP contribution in [-0.2, 0) is 26.2 Å². The third-order valence-corrected chi connectivity index (χ3v) is 17.7. The van der Waals surface area contributed by atoms with Gasteiger partial charge in [-0.2, -0.15) is 0 Å². The van der Waals surface area contributed by atoms with Gasteiger partial charge in [0, 0.05) is 26.2 Å². The van der Waals surface area contributed by atoms with Crippen molar-refractivity contribution >= 4 is 37.7 Å². The molecule has 0 aromatic carbocycles. The van der Waals surface area contributed by atoms with Gasteiger partial charge < -0.3 is 0 Å². The predicted molar refractivity (Wildman–Crippen MR) is 36.0 cm³/mol. The Hall–Kier alpha value is 2.38. The Morgan fingerprint density at radius 2 is 1.50 bits per heavy atom. The molecule has 0 atom stereocenters. The molecule has 0 spiro atoms. The predicted octanol–water partition coefficient (Wildman–Crippen LogP) is 4.04. The molecule has 0 fully saturated rings. The van der Waals surface area contributed by atoms with Gasteiger partial charge >= 0.3 is 0 Å². The first kappa shape index (κ1) is 8.38. The van der Waals surface area contributed by atoms with Crippen molar-refractivity contribution in [1.82, 2.24) is 0 Å². The first-order valence-electron chi connectivity index (χ1n) is 1.05. The van der Waals surface area contributed by atoms with Crippen LogP contribution in [0.2, 0.25) is 0 Å². The van der Waals surface area contributed by atoms with Crippen molar-refractivity contribution in [3.05, 3.63) is 0 Å². The SMILES string of the molecule is [Zr].p1pp[pH]p1. The maximum atomic E-state index is 1.67. The van der Waals surface area contributed by atoms with Crippen molar-refractivity contribution in [3.63, 3.8) is 0 Å². The van der Waals surface area contributed by atoms with E-state index in [1.54, 1.807) is 30.2 Å². The molecule has 0 aliphatic heterocycles. The van der Waals surface area contributed by atoms with E-state index < -0.39 is 0 Å². The van der Waals surface area contributed by atoms with E-state index in [1.165, 1.54) is 7.55 Å². The van der Waals surface area contributed by atoms with Gasteiger partial charge in [-0.3, -0.25) is 0 Å². The van der Waals surface area contributed by atoms with E-state index in [0.717, 1.165) is 0 Å². The van der Waals surface area contributed by atoms with Crippen molar-refractivity contribution < 1.29 is 26.2 Å². The molecule has 0 bridgehead atoms. The molecule has 0 N–H and O–H groups in total. The Bertz CT molecular complexity index is 60.4. The molecule has 6 heavy (non-hydrogen) atoms. The van der Waals surface area contributed by atoms with E-state index in [9.17, 15) is 0 Å². The molecular weight excluding hydrogens is 246 g/mol. The second-order valence-corrected chi connectivity index (χ2v) is 12.9. The van der Waals surface area contributed by atoms with Gasteiger partial charge in [-0.25, -0.2) is 0 Å². The molecule has 0 amide bonds. The fraction of sp³-hybridized carbons (Fsp3) is 0. The zero-order chi connectivity index (χ0) is 3.54. The monoisotopic (exact) mass is 246 g/mol.